The number of hydrogen-bond acceptors (Lipinski definition) is 3. The molecule has 3 nitrogen and oxygen atoms in total. The lowest BCUT2D eigenvalue weighted by molar-refractivity contribution is 0.0662. The Balaban J connectivity index is 1.68. The van der Waals surface area contributed by atoms with Crippen LogP contribution in [0.25, 0.3) is 0 Å². The van der Waals surface area contributed by atoms with E-state index in [2.05, 4.69) is 85.0 Å². The summed E-state index contributed by atoms with van der Waals surface area (Å²) in [6.07, 6.45) is 16.5. The van der Waals surface area contributed by atoms with Crippen LogP contribution in [0.3, 0.4) is 0 Å². The predicted molar refractivity (Wildman–Crippen MR) is 122 cm³/mol. The van der Waals surface area contributed by atoms with Crippen molar-refractivity contribution >= 4 is 0 Å². The molecule has 0 amide bonds. The Morgan fingerprint density at radius 3 is 2.48 bits per heavy atom. The molecule has 2 heterocycles. The number of rotatable bonds is 4. The molecule has 3 atom stereocenters. The van der Waals surface area contributed by atoms with Crippen LogP contribution < -0.4 is 9.47 Å². The summed E-state index contributed by atoms with van der Waals surface area (Å²) in [5.74, 6) is 1.55. The second-order valence-corrected chi connectivity index (χ2v) is 8.45. The minimum atomic E-state index is -0.519. The largest absolute Gasteiger partial charge is 0.497 e. The molecule has 154 valence electrons. The molecule has 2 aliphatic heterocycles. The molecule has 1 fully saturated rings. The molecule has 3 heteroatoms. The Labute approximate surface area is 182 Å². The third kappa shape index (κ3) is 2.44. The van der Waals surface area contributed by atoms with Gasteiger partial charge in [-0.2, -0.15) is 0 Å². The molecule has 0 saturated carbocycles. The first-order chi connectivity index (χ1) is 15.2. The molecule has 6 rings (SSSR count). The fraction of sp³-hybridized carbons (Fsp3) is 0.214. The van der Waals surface area contributed by atoms with Crippen molar-refractivity contribution in [3.8, 4) is 11.5 Å². The van der Waals surface area contributed by atoms with E-state index in [0.717, 1.165) is 23.5 Å². The summed E-state index contributed by atoms with van der Waals surface area (Å²) in [6, 6.07) is 16.8. The first-order valence-corrected chi connectivity index (χ1v) is 10.7. The zero-order valence-electron chi connectivity index (χ0n) is 17.7. The lowest BCUT2D eigenvalue weighted by Crippen LogP contribution is -2.41. The van der Waals surface area contributed by atoms with E-state index in [0.29, 0.717) is 0 Å². The summed E-state index contributed by atoms with van der Waals surface area (Å²) in [5, 5.41) is 0. The van der Waals surface area contributed by atoms with Crippen LogP contribution in [0.1, 0.15) is 17.5 Å². The Kier molecular flexibility index (Phi) is 3.93. The average Bonchev–Trinajstić information content (AvgIpc) is 3.36. The van der Waals surface area contributed by atoms with Crippen molar-refractivity contribution in [2.75, 3.05) is 14.2 Å². The Bertz CT molecular complexity index is 1190. The van der Waals surface area contributed by atoms with Crippen LogP contribution in [0.2, 0.25) is 0 Å². The Morgan fingerprint density at radius 1 is 0.968 bits per heavy atom. The molecule has 2 aromatic rings. The van der Waals surface area contributed by atoms with E-state index in [9.17, 15) is 0 Å². The topological polar surface area (TPSA) is 27.7 Å². The van der Waals surface area contributed by atoms with Gasteiger partial charge in [-0.05, 0) is 58.6 Å². The summed E-state index contributed by atoms with van der Waals surface area (Å²) in [6.45, 7) is 0. The lowest BCUT2D eigenvalue weighted by Gasteiger charge is -2.40. The molecule has 1 saturated heterocycles. The van der Waals surface area contributed by atoms with Gasteiger partial charge in [0.2, 0.25) is 0 Å². The minimum Gasteiger partial charge on any atom is -0.497 e. The molecule has 0 N–H and O–H groups in total. The molecule has 0 radical (unpaired) electrons. The van der Waals surface area contributed by atoms with Gasteiger partial charge in [0.25, 0.3) is 0 Å². The minimum absolute atomic E-state index is 0.122. The van der Waals surface area contributed by atoms with Gasteiger partial charge in [0.05, 0.1) is 25.7 Å². The molecule has 1 spiro atoms. The van der Waals surface area contributed by atoms with Gasteiger partial charge in [0.15, 0.2) is 0 Å². The van der Waals surface area contributed by atoms with Crippen LogP contribution >= 0.6 is 0 Å². The monoisotopic (exact) mass is 408 g/mol. The van der Waals surface area contributed by atoms with Crippen molar-refractivity contribution in [2.45, 2.75) is 23.5 Å². The fourth-order valence-corrected chi connectivity index (χ4v) is 5.58. The van der Waals surface area contributed by atoms with Crippen LogP contribution in [0, 0.1) is 0 Å². The highest BCUT2D eigenvalue weighted by atomic mass is 16.5. The van der Waals surface area contributed by atoms with E-state index in [-0.39, 0.29) is 6.10 Å². The highest BCUT2D eigenvalue weighted by Crippen LogP contribution is 2.62. The van der Waals surface area contributed by atoms with E-state index < -0.39 is 11.0 Å². The third-order valence-corrected chi connectivity index (χ3v) is 6.96. The summed E-state index contributed by atoms with van der Waals surface area (Å²) >= 11 is 0. The molecule has 4 aliphatic rings. The number of hydrogen-bond donors (Lipinski definition) is 0. The molecule has 2 aromatic carbocycles. The molecular weight excluding hydrogens is 384 g/mol. The molecule has 31 heavy (non-hydrogen) atoms. The summed E-state index contributed by atoms with van der Waals surface area (Å²) < 4.78 is 18.1. The zero-order chi connectivity index (χ0) is 21.1. The summed E-state index contributed by atoms with van der Waals surface area (Å²) in [7, 11) is 3.39. The predicted octanol–water partition coefficient (Wildman–Crippen LogP) is 5.45. The first-order valence-electron chi connectivity index (χ1n) is 10.7. The second kappa shape index (κ2) is 6.60. The molecule has 0 aromatic heterocycles. The maximum atomic E-state index is 6.80. The quantitative estimate of drug-likeness (QED) is 0.630. The number of benzene rings is 2. The highest BCUT2D eigenvalue weighted by Gasteiger charge is 2.63. The normalized spacial score (nSPS) is 29.6. The zero-order valence-corrected chi connectivity index (χ0v) is 17.7. The van der Waals surface area contributed by atoms with Crippen molar-refractivity contribution in [3.63, 3.8) is 0 Å². The van der Waals surface area contributed by atoms with E-state index in [1.807, 2.05) is 6.07 Å². The van der Waals surface area contributed by atoms with Crippen molar-refractivity contribution < 1.29 is 14.2 Å². The van der Waals surface area contributed by atoms with Crippen molar-refractivity contribution in [3.05, 3.63) is 119 Å². The summed E-state index contributed by atoms with van der Waals surface area (Å²) in [5.41, 5.74) is 5.17. The Morgan fingerprint density at radius 2 is 1.74 bits per heavy atom. The van der Waals surface area contributed by atoms with Gasteiger partial charge in [0, 0.05) is 6.07 Å². The van der Waals surface area contributed by atoms with Gasteiger partial charge in [-0.3, -0.25) is 0 Å². The van der Waals surface area contributed by atoms with Gasteiger partial charge in [0.1, 0.15) is 17.1 Å². The average molecular weight is 408 g/mol. The number of fused-ring (bicyclic) bond motifs is 2. The van der Waals surface area contributed by atoms with Crippen molar-refractivity contribution in [1.82, 2.24) is 0 Å². The SMILES string of the molecule is COc1cc(OC)cc(C2(c3ccccc3)C3=CC4=CC=CCC4=CC34C=CC2O4)c1. The van der Waals surface area contributed by atoms with E-state index >= 15 is 0 Å². The van der Waals surface area contributed by atoms with Crippen LogP contribution in [-0.4, -0.2) is 25.9 Å². The van der Waals surface area contributed by atoms with Crippen LogP contribution in [0.4, 0.5) is 0 Å². The lowest BCUT2D eigenvalue weighted by atomic mass is 9.59. The summed E-state index contributed by atoms with van der Waals surface area (Å²) in [4.78, 5) is 0. The number of methoxy groups -OCH3 is 2. The van der Waals surface area contributed by atoms with E-state index in [4.69, 9.17) is 14.2 Å². The first kappa shape index (κ1) is 18.5. The van der Waals surface area contributed by atoms with E-state index in [1.54, 1.807) is 14.2 Å². The highest BCUT2D eigenvalue weighted by molar-refractivity contribution is 5.70. The number of allylic oxidation sites excluding steroid dienone is 6. The fourth-order valence-electron chi connectivity index (χ4n) is 5.58. The number of ether oxygens (including phenoxy) is 3. The third-order valence-electron chi connectivity index (χ3n) is 6.96. The standard InChI is InChI=1S/C28H24O3/c1-29-23-15-22(16-24(17-23)30-2)28(21-10-4-3-5-11-21)25-14-19-8-6-7-9-20(19)18-27(25)13-12-26(28)31-27/h3-8,10-18,26H,9H2,1-2H3. The Hall–Kier alpha value is -3.30. The van der Waals surface area contributed by atoms with Crippen LogP contribution in [0.5, 0.6) is 11.5 Å². The van der Waals surface area contributed by atoms with Crippen molar-refractivity contribution in [2.24, 2.45) is 0 Å². The smallest absolute Gasteiger partial charge is 0.129 e. The molecule has 2 bridgehead atoms. The van der Waals surface area contributed by atoms with Gasteiger partial charge >= 0.3 is 0 Å². The van der Waals surface area contributed by atoms with Gasteiger partial charge in [-0.1, -0.05) is 60.7 Å². The van der Waals surface area contributed by atoms with Crippen LogP contribution in [0.15, 0.2) is 108 Å². The maximum absolute atomic E-state index is 6.80. The molecule has 2 aliphatic carbocycles. The molecule has 3 unspecified atom stereocenters. The maximum Gasteiger partial charge on any atom is 0.129 e. The van der Waals surface area contributed by atoms with Gasteiger partial charge < -0.3 is 14.2 Å². The van der Waals surface area contributed by atoms with Crippen LogP contribution in [-0.2, 0) is 10.2 Å². The second-order valence-electron chi connectivity index (χ2n) is 8.45. The van der Waals surface area contributed by atoms with Crippen molar-refractivity contribution in [1.29, 1.82) is 0 Å². The molecular formula is C28H24O3. The van der Waals surface area contributed by atoms with E-state index in [1.165, 1.54) is 22.3 Å². The van der Waals surface area contributed by atoms with Gasteiger partial charge in [-0.25, -0.2) is 0 Å². The van der Waals surface area contributed by atoms with Gasteiger partial charge in [-0.15, -0.1) is 0 Å².